The van der Waals surface area contributed by atoms with Crippen LogP contribution < -0.4 is 5.43 Å². The number of halogens is 3. The van der Waals surface area contributed by atoms with Crippen LogP contribution in [0, 0.1) is 23.0 Å². The molecule has 4 rings (SSSR count). The maximum atomic E-state index is 15.3. The molecular weight excluding hydrogens is 398 g/mol. The minimum absolute atomic E-state index is 0.0161. The van der Waals surface area contributed by atoms with Crippen LogP contribution in [-0.4, -0.2) is 35.0 Å². The predicted octanol–water partition coefficient (Wildman–Crippen LogP) is 4.20. The Balaban J connectivity index is 1.88. The zero-order chi connectivity index (χ0) is 20.7. The third kappa shape index (κ3) is 3.50. The number of H-pyrrole nitrogens is 1. The maximum absolute atomic E-state index is 15.3. The van der Waals surface area contributed by atoms with Gasteiger partial charge in [-0.15, -0.1) is 0 Å². The topological polar surface area (TPSA) is 72.8 Å². The molecule has 0 aliphatic carbocycles. The van der Waals surface area contributed by atoms with Gasteiger partial charge in [0.05, 0.1) is 21.6 Å². The fourth-order valence-electron chi connectivity index (χ4n) is 3.88. The van der Waals surface area contributed by atoms with Crippen molar-refractivity contribution >= 4 is 22.5 Å². The fourth-order valence-corrected chi connectivity index (χ4v) is 4.09. The molecule has 0 amide bonds. The molecule has 148 valence electrons. The van der Waals surface area contributed by atoms with Crippen LogP contribution in [0.5, 0.6) is 0 Å². The minimum atomic E-state index is -0.805. The van der Waals surface area contributed by atoms with Gasteiger partial charge in [0.1, 0.15) is 23.4 Å². The number of piperidine rings is 1. The van der Waals surface area contributed by atoms with Crippen LogP contribution >= 0.6 is 11.6 Å². The molecule has 0 spiro atoms. The van der Waals surface area contributed by atoms with Crippen molar-refractivity contribution in [3.63, 3.8) is 0 Å². The number of nitrogens with one attached hydrogen (secondary N) is 1. The lowest BCUT2D eigenvalue weighted by molar-refractivity contribution is 0.250. The Morgan fingerprint density at radius 3 is 2.69 bits per heavy atom. The Bertz CT molecular complexity index is 1210. The van der Waals surface area contributed by atoms with E-state index in [1.807, 2.05) is 13.1 Å². The van der Waals surface area contributed by atoms with E-state index < -0.39 is 17.1 Å². The summed E-state index contributed by atoms with van der Waals surface area (Å²) >= 11 is 6.15. The molecule has 8 heteroatoms. The van der Waals surface area contributed by atoms with E-state index in [2.05, 4.69) is 14.9 Å². The first kappa shape index (κ1) is 19.5. The molecule has 1 N–H and O–H groups in total. The van der Waals surface area contributed by atoms with E-state index in [-0.39, 0.29) is 38.8 Å². The van der Waals surface area contributed by atoms with Crippen molar-refractivity contribution in [2.75, 3.05) is 20.1 Å². The number of hydrogen-bond acceptors (Lipinski definition) is 4. The number of benzene rings is 1. The van der Waals surface area contributed by atoms with Crippen LogP contribution in [-0.2, 0) is 0 Å². The SMILES string of the molecule is CN1CCC(c2c(F)cc3[nH]c(-c4cc(C#N)ncc4Cl)cc(=O)c3c2F)CC1. The Hall–Kier alpha value is -2.82. The molecular formula is C21H17ClF2N4O. The van der Waals surface area contributed by atoms with Crippen molar-refractivity contribution in [1.29, 1.82) is 5.26 Å². The summed E-state index contributed by atoms with van der Waals surface area (Å²) in [7, 11) is 1.97. The van der Waals surface area contributed by atoms with Crippen molar-refractivity contribution in [3.8, 4) is 17.3 Å². The largest absolute Gasteiger partial charge is 0.354 e. The Morgan fingerprint density at radius 2 is 2.00 bits per heavy atom. The second-order valence-corrected chi connectivity index (χ2v) is 7.70. The molecule has 1 aromatic carbocycles. The van der Waals surface area contributed by atoms with Crippen LogP contribution in [0.25, 0.3) is 22.2 Å². The summed E-state index contributed by atoms with van der Waals surface area (Å²) in [6, 6.07) is 5.69. The summed E-state index contributed by atoms with van der Waals surface area (Å²) in [4.78, 5) is 21.6. The highest BCUT2D eigenvalue weighted by atomic mass is 35.5. The first-order chi connectivity index (χ1) is 13.9. The molecule has 0 bridgehead atoms. The predicted molar refractivity (Wildman–Crippen MR) is 107 cm³/mol. The molecule has 5 nitrogen and oxygen atoms in total. The lowest BCUT2D eigenvalue weighted by Crippen LogP contribution is -2.30. The molecule has 0 atom stereocenters. The average molecular weight is 415 g/mol. The van der Waals surface area contributed by atoms with Crippen LogP contribution in [0.3, 0.4) is 0 Å². The van der Waals surface area contributed by atoms with E-state index in [1.54, 1.807) is 0 Å². The lowest BCUT2D eigenvalue weighted by atomic mass is 9.87. The summed E-state index contributed by atoms with van der Waals surface area (Å²) in [6.07, 6.45) is 2.56. The van der Waals surface area contributed by atoms with Gasteiger partial charge in [-0.1, -0.05) is 11.6 Å². The highest BCUT2D eigenvalue weighted by Gasteiger charge is 2.27. The zero-order valence-electron chi connectivity index (χ0n) is 15.6. The smallest absolute Gasteiger partial charge is 0.192 e. The lowest BCUT2D eigenvalue weighted by Gasteiger charge is -2.29. The summed E-state index contributed by atoms with van der Waals surface area (Å²) in [5.41, 5.74) is 0.185. The van der Waals surface area contributed by atoms with Gasteiger partial charge in [-0.2, -0.15) is 5.26 Å². The third-order valence-corrected chi connectivity index (χ3v) is 5.73. The van der Waals surface area contributed by atoms with E-state index in [0.29, 0.717) is 18.4 Å². The van der Waals surface area contributed by atoms with Gasteiger partial charge < -0.3 is 9.88 Å². The number of hydrogen-bond donors (Lipinski definition) is 1. The quantitative estimate of drug-likeness (QED) is 0.682. The number of rotatable bonds is 2. The van der Waals surface area contributed by atoms with Crippen LogP contribution in [0.15, 0.2) is 29.2 Å². The molecule has 3 aromatic rings. The van der Waals surface area contributed by atoms with E-state index in [0.717, 1.165) is 19.2 Å². The number of aromatic nitrogens is 2. The van der Waals surface area contributed by atoms with E-state index in [4.69, 9.17) is 16.9 Å². The summed E-state index contributed by atoms with van der Waals surface area (Å²) < 4.78 is 30.1. The van der Waals surface area contributed by atoms with E-state index in [9.17, 15) is 9.18 Å². The number of fused-ring (bicyclic) bond motifs is 1. The normalized spacial score (nSPS) is 15.6. The number of aromatic amines is 1. The molecule has 29 heavy (non-hydrogen) atoms. The van der Waals surface area contributed by atoms with Gasteiger partial charge in [0.15, 0.2) is 5.43 Å². The molecule has 0 saturated carbocycles. The first-order valence-electron chi connectivity index (χ1n) is 9.18. The molecule has 1 aliphatic rings. The molecule has 0 unspecified atom stereocenters. The van der Waals surface area contributed by atoms with Gasteiger partial charge in [0, 0.05) is 23.4 Å². The van der Waals surface area contributed by atoms with Gasteiger partial charge in [-0.3, -0.25) is 4.79 Å². The summed E-state index contributed by atoms with van der Waals surface area (Å²) in [5.74, 6) is -1.74. The molecule has 3 heterocycles. The van der Waals surface area contributed by atoms with Gasteiger partial charge in [0.25, 0.3) is 0 Å². The van der Waals surface area contributed by atoms with E-state index >= 15 is 4.39 Å². The Labute approximate surface area is 170 Å². The van der Waals surface area contributed by atoms with Gasteiger partial charge in [-0.05, 0) is 51.0 Å². The van der Waals surface area contributed by atoms with Crippen LogP contribution in [0.4, 0.5) is 8.78 Å². The fraction of sp³-hybridized carbons (Fsp3) is 0.286. The second-order valence-electron chi connectivity index (χ2n) is 7.29. The van der Waals surface area contributed by atoms with Crippen molar-refractivity contribution in [3.05, 3.63) is 62.5 Å². The Morgan fingerprint density at radius 1 is 1.28 bits per heavy atom. The number of nitrogens with zero attached hydrogens (tertiary/aromatic N) is 3. The van der Waals surface area contributed by atoms with Crippen molar-refractivity contribution < 1.29 is 8.78 Å². The highest BCUT2D eigenvalue weighted by Crippen LogP contribution is 2.35. The highest BCUT2D eigenvalue weighted by molar-refractivity contribution is 6.33. The van der Waals surface area contributed by atoms with Gasteiger partial charge in [-0.25, -0.2) is 13.8 Å². The molecule has 0 radical (unpaired) electrons. The Kier molecular flexibility index (Phi) is 5.07. The average Bonchev–Trinajstić information content (AvgIpc) is 2.69. The molecule has 2 aromatic heterocycles. The van der Waals surface area contributed by atoms with Crippen LogP contribution in [0.1, 0.15) is 30.0 Å². The van der Waals surface area contributed by atoms with Crippen molar-refractivity contribution in [2.24, 2.45) is 0 Å². The van der Waals surface area contributed by atoms with Gasteiger partial charge in [0.2, 0.25) is 0 Å². The van der Waals surface area contributed by atoms with Crippen LogP contribution in [0.2, 0.25) is 5.02 Å². The minimum Gasteiger partial charge on any atom is -0.354 e. The number of likely N-dealkylation sites (tertiary alicyclic amines) is 1. The molecule has 1 fully saturated rings. The monoisotopic (exact) mass is 414 g/mol. The third-order valence-electron chi connectivity index (χ3n) is 5.43. The number of pyridine rings is 2. The molecule has 1 saturated heterocycles. The number of nitriles is 1. The first-order valence-corrected chi connectivity index (χ1v) is 9.56. The zero-order valence-corrected chi connectivity index (χ0v) is 16.4. The van der Waals surface area contributed by atoms with Crippen molar-refractivity contribution in [1.82, 2.24) is 14.9 Å². The summed E-state index contributed by atoms with van der Waals surface area (Å²) in [6.45, 7) is 1.50. The maximum Gasteiger partial charge on any atom is 0.192 e. The summed E-state index contributed by atoms with van der Waals surface area (Å²) in [5, 5.41) is 9.08. The van der Waals surface area contributed by atoms with E-state index in [1.165, 1.54) is 18.3 Å². The standard InChI is InChI=1S/C21H17ClF2N4O/c1-28-4-2-11(3-5-28)19-15(23)7-17-20(21(19)24)18(29)8-16(27-17)13-6-12(9-25)26-10-14(13)22/h6-8,10-11H,2-5H2,1H3,(H,27,29). The second kappa shape index (κ2) is 7.54. The molecule has 1 aliphatic heterocycles. The van der Waals surface area contributed by atoms with Crippen molar-refractivity contribution in [2.45, 2.75) is 18.8 Å². The van der Waals surface area contributed by atoms with Gasteiger partial charge >= 0.3 is 0 Å².